The molecule has 0 aliphatic heterocycles. The maximum Gasteiger partial charge on any atom is 0.282 e. The first-order valence-electron chi connectivity index (χ1n) is 5.56. The number of rotatable bonds is 3. The third-order valence-corrected chi connectivity index (χ3v) is 2.55. The van der Waals surface area contributed by atoms with Crippen molar-refractivity contribution in [3.05, 3.63) is 71.0 Å². The van der Waals surface area contributed by atoms with Gasteiger partial charge >= 0.3 is 0 Å². The fraction of sp³-hybridized carbons (Fsp3) is 0.0769. The first-order chi connectivity index (χ1) is 8.83. The van der Waals surface area contributed by atoms with E-state index in [-0.39, 0.29) is 12.2 Å². The van der Waals surface area contributed by atoms with E-state index in [2.05, 4.69) is 4.98 Å². The zero-order chi connectivity index (χ0) is 12.4. The van der Waals surface area contributed by atoms with E-state index in [0.29, 0.717) is 0 Å². The summed E-state index contributed by atoms with van der Waals surface area (Å²) in [7, 11) is 0. The molecule has 3 aromatic rings. The molecule has 0 aliphatic carbocycles. The molecular weight excluding hydrogens is 230 g/mol. The monoisotopic (exact) mass is 241 g/mol. The Morgan fingerprint density at radius 2 is 1.94 bits per heavy atom. The summed E-state index contributed by atoms with van der Waals surface area (Å²) in [5, 5.41) is 0. The van der Waals surface area contributed by atoms with E-state index in [1.54, 1.807) is 18.3 Å². The van der Waals surface area contributed by atoms with Crippen LogP contribution in [0.4, 0.5) is 0 Å². The lowest BCUT2D eigenvalue weighted by atomic mass is 10.5. The smallest absolute Gasteiger partial charge is 0.282 e. The minimum atomic E-state index is -0.193. The number of nitrogens with zero attached hydrogens (tertiary/aromatic N) is 3. The van der Waals surface area contributed by atoms with Crippen LogP contribution in [0.2, 0.25) is 0 Å². The third kappa shape index (κ3) is 1.98. The number of hydrogen-bond acceptors (Lipinski definition) is 3. The molecule has 0 atom stereocenters. The Morgan fingerprint density at radius 3 is 2.78 bits per heavy atom. The summed E-state index contributed by atoms with van der Waals surface area (Å²) in [6.45, 7) is 0.256. The van der Waals surface area contributed by atoms with Crippen molar-refractivity contribution in [2.24, 2.45) is 0 Å². The zero-order valence-corrected chi connectivity index (χ0v) is 9.56. The molecule has 0 aromatic carbocycles. The van der Waals surface area contributed by atoms with Crippen LogP contribution < -0.4 is 10.4 Å². The molecule has 0 aliphatic rings. The Bertz CT molecular complexity index is 697. The van der Waals surface area contributed by atoms with Gasteiger partial charge in [-0.2, -0.15) is 4.73 Å². The molecule has 0 bridgehead atoms. The molecule has 3 heterocycles. The van der Waals surface area contributed by atoms with E-state index in [1.165, 1.54) is 10.8 Å². The van der Waals surface area contributed by atoms with Gasteiger partial charge in [0.15, 0.2) is 6.61 Å². The molecule has 0 amide bonds. The van der Waals surface area contributed by atoms with Gasteiger partial charge in [0, 0.05) is 24.7 Å². The highest BCUT2D eigenvalue weighted by Crippen LogP contribution is 2.04. The molecule has 3 rings (SSSR count). The largest absolute Gasteiger partial charge is 0.404 e. The van der Waals surface area contributed by atoms with Crippen LogP contribution >= 0.6 is 0 Å². The van der Waals surface area contributed by atoms with Crippen molar-refractivity contribution in [2.45, 2.75) is 6.61 Å². The average molecular weight is 241 g/mol. The second kappa shape index (κ2) is 4.37. The number of hydrogen-bond donors (Lipinski definition) is 0. The highest BCUT2D eigenvalue weighted by molar-refractivity contribution is 5.39. The minimum Gasteiger partial charge on any atom is -0.404 e. The SMILES string of the molecule is O=c1ccccn1OCc1cn2ccccc2n1. The molecule has 90 valence electrons. The van der Waals surface area contributed by atoms with E-state index in [1.807, 2.05) is 35.0 Å². The van der Waals surface area contributed by atoms with Crippen LogP contribution in [0.15, 0.2) is 59.8 Å². The van der Waals surface area contributed by atoms with Crippen LogP contribution in [-0.2, 0) is 6.61 Å². The lowest BCUT2D eigenvalue weighted by molar-refractivity contribution is 0.0872. The molecule has 0 N–H and O–H groups in total. The molecule has 18 heavy (non-hydrogen) atoms. The topological polar surface area (TPSA) is 48.5 Å². The molecule has 5 heteroatoms. The molecule has 0 saturated carbocycles. The Hall–Kier alpha value is -2.56. The highest BCUT2D eigenvalue weighted by Gasteiger charge is 2.02. The number of fused-ring (bicyclic) bond motifs is 1. The van der Waals surface area contributed by atoms with Gasteiger partial charge < -0.3 is 9.24 Å². The van der Waals surface area contributed by atoms with Gasteiger partial charge in [0.25, 0.3) is 5.56 Å². The molecule has 0 spiro atoms. The van der Waals surface area contributed by atoms with Gasteiger partial charge in [-0.3, -0.25) is 4.79 Å². The molecule has 0 radical (unpaired) electrons. The summed E-state index contributed by atoms with van der Waals surface area (Å²) >= 11 is 0. The van der Waals surface area contributed by atoms with Gasteiger partial charge in [0.1, 0.15) is 5.65 Å². The molecular formula is C13H11N3O2. The normalized spacial score (nSPS) is 10.7. The van der Waals surface area contributed by atoms with E-state index in [9.17, 15) is 4.79 Å². The van der Waals surface area contributed by atoms with Gasteiger partial charge in [-0.25, -0.2) is 4.98 Å². The molecule has 5 nitrogen and oxygen atoms in total. The van der Waals surface area contributed by atoms with Gasteiger partial charge in [-0.1, -0.05) is 12.1 Å². The van der Waals surface area contributed by atoms with Crippen molar-refractivity contribution in [2.75, 3.05) is 0 Å². The molecule has 0 fully saturated rings. The fourth-order valence-corrected chi connectivity index (χ4v) is 1.71. The first kappa shape index (κ1) is 10.6. The quantitative estimate of drug-likeness (QED) is 0.690. The second-order valence-corrected chi connectivity index (χ2v) is 3.84. The van der Waals surface area contributed by atoms with Crippen molar-refractivity contribution in [3.8, 4) is 0 Å². The van der Waals surface area contributed by atoms with Crippen molar-refractivity contribution in [1.29, 1.82) is 0 Å². The molecule has 0 saturated heterocycles. The predicted octanol–water partition coefficient (Wildman–Crippen LogP) is 1.12. The minimum absolute atomic E-state index is 0.193. The van der Waals surface area contributed by atoms with Crippen molar-refractivity contribution in [1.82, 2.24) is 14.1 Å². The van der Waals surface area contributed by atoms with Gasteiger partial charge in [0.05, 0.1) is 5.69 Å². The van der Waals surface area contributed by atoms with E-state index in [4.69, 9.17) is 4.84 Å². The Morgan fingerprint density at radius 1 is 1.11 bits per heavy atom. The molecule has 0 unspecified atom stereocenters. The number of aromatic nitrogens is 3. The standard InChI is InChI=1S/C13H11N3O2/c17-13-6-2-4-8-16(13)18-10-11-9-15-7-3-1-5-12(15)14-11/h1-9H,10H2. The Kier molecular flexibility index (Phi) is 2.57. The summed E-state index contributed by atoms with van der Waals surface area (Å²) in [6, 6.07) is 10.6. The van der Waals surface area contributed by atoms with Crippen LogP contribution in [0, 0.1) is 0 Å². The fourth-order valence-electron chi connectivity index (χ4n) is 1.71. The van der Waals surface area contributed by atoms with E-state index in [0.717, 1.165) is 11.3 Å². The van der Waals surface area contributed by atoms with Crippen molar-refractivity contribution < 1.29 is 4.84 Å². The highest BCUT2D eigenvalue weighted by atomic mass is 16.7. The lowest BCUT2D eigenvalue weighted by Gasteiger charge is -2.04. The summed E-state index contributed by atoms with van der Waals surface area (Å²) in [6.07, 6.45) is 5.38. The Labute approximate surface area is 103 Å². The van der Waals surface area contributed by atoms with E-state index >= 15 is 0 Å². The lowest BCUT2D eigenvalue weighted by Crippen LogP contribution is -2.24. The number of pyridine rings is 2. The maximum atomic E-state index is 11.4. The van der Waals surface area contributed by atoms with Gasteiger partial charge in [-0.15, -0.1) is 0 Å². The number of imidazole rings is 1. The van der Waals surface area contributed by atoms with Gasteiger partial charge in [-0.05, 0) is 18.2 Å². The van der Waals surface area contributed by atoms with E-state index < -0.39 is 0 Å². The average Bonchev–Trinajstić information content (AvgIpc) is 2.80. The molecule has 3 aromatic heterocycles. The summed E-state index contributed by atoms with van der Waals surface area (Å²) in [5.74, 6) is 0. The van der Waals surface area contributed by atoms with Crippen molar-refractivity contribution in [3.63, 3.8) is 0 Å². The first-order valence-corrected chi connectivity index (χ1v) is 5.56. The predicted molar refractivity (Wildman–Crippen MR) is 66.2 cm³/mol. The zero-order valence-electron chi connectivity index (χ0n) is 9.56. The van der Waals surface area contributed by atoms with Crippen LogP contribution in [-0.4, -0.2) is 14.1 Å². The van der Waals surface area contributed by atoms with Crippen LogP contribution in [0.25, 0.3) is 5.65 Å². The van der Waals surface area contributed by atoms with Crippen LogP contribution in [0.3, 0.4) is 0 Å². The third-order valence-electron chi connectivity index (χ3n) is 2.55. The van der Waals surface area contributed by atoms with Crippen LogP contribution in [0.1, 0.15) is 5.69 Å². The van der Waals surface area contributed by atoms with Crippen LogP contribution in [0.5, 0.6) is 0 Å². The second-order valence-electron chi connectivity index (χ2n) is 3.84. The summed E-state index contributed by atoms with van der Waals surface area (Å²) < 4.78 is 3.11. The van der Waals surface area contributed by atoms with Crippen molar-refractivity contribution >= 4 is 5.65 Å². The Balaban J connectivity index is 1.81. The maximum absolute atomic E-state index is 11.4. The van der Waals surface area contributed by atoms with Gasteiger partial charge in [0.2, 0.25) is 0 Å². The summed E-state index contributed by atoms with van der Waals surface area (Å²) in [5.41, 5.74) is 1.44. The summed E-state index contributed by atoms with van der Waals surface area (Å²) in [4.78, 5) is 21.2.